The number of hydrogen-bond donors (Lipinski definition) is 0. The van der Waals surface area contributed by atoms with Crippen molar-refractivity contribution < 1.29 is 4.42 Å². The summed E-state index contributed by atoms with van der Waals surface area (Å²) in [4.78, 5) is 15.6. The number of furan rings is 1. The Morgan fingerprint density at radius 2 is 1.15 bits per heavy atom. The summed E-state index contributed by atoms with van der Waals surface area (Å²) in [6.07, 6.45) is 7.54. The van der Waals surface area contributed by atoms with Crippen molar-refractivity contribution in [2.75, 3.05) is 0 Å². The maximum absolute atomic E-state index is 6.89. The Balaban J connectivity index is 1.07. The van der Waals surface area contributed by atoms with Crippen LogP contribution in [-0.4, -0.2) is 19.5 Å². The van der Waals surface area contributed by atoms with Gasteiger partial charge < -0.3 is 8.98 Å². The van der Waals surface area contributed by atoms with Gasteiger partial charge in [0, 0.05) is 33.2 Å². The summed E-state index contributed by atoms with van der Waals surface area (Å²) in [6.45, 7) is 0. The highest BCUT2D eigenvalue weighted by molar-refractivity contribution is 6.18. The molecule has 1 aliphatic carbocycles. The number of benzene rings is 8. The molecule has 60 heavy (non-hydrogen) atoms. The first-order valence-corrected chi connectivity index (χ1v) is 20.5. The van der Waals surface area contributed by atoms with E-state index in [-0.39, 0.29) is 0 Å². The number of fused-ring (bicyclic) bond motifs is 7. The van der Waals surface area contributed by atoms with Gasteiger partial charge in [-0.2, -0.15) is 0 Å². The number of rotatable bonds is 6. The fourth-order valence-electron chi connectivity index (χ4n) is 9.02. The van der Waals surface area contributed by atoms with Gasteiger partial charge in [0.15, 0.2) is 17.5 Å². The molecule has 12 rings (SSSR count). The monoisotopic (exact) mass is 768 g/mol. The third-order valence-corrected chi connectivity index (χ3v) is 12.0. The topological polar surface area (TPSA) is 56.7 Å². The largest absolute Gasteiger partial charge is 0.455 e. The standard InChI is InChI=1S/C55H36N4O/c1-3-13-35(14-4-1)37-23-27-39(28-24-37)53-56-54(40-29-25-38(26-30-40)36-15-5-2-6-16-36)58-55(57-53)45-31-32-48(51-44-20-10-12-22-50(44)60-52(45)51)59-47-21-11-9-19-43(47)46-33-41-17-7-8-18-42(41)34-49(46)59/h1-25,27-34,38H,26H2. The lowest BCUT2D eigenvalue weighted by Crippen LogP contribution is -2.05. The van der Waals surface area contributed by atoms with Crippen LogP contribution >= 0.6 is 0 Å². The third kappa shape index (κ3) is 5.66. The van der Waals surface area contributed by atoms with Crippen molar-refractivity contribution in [3.05, 3.63) is 212 Å². The molecular formula is C55H36N4O. The molecule has 0 N–H and O–H groups in total. The quantitative estimate of drug-likeness (QED) is 0.169. The number of aromatic nitrogens is 4. The highest BCUT2D eigenvalue weighted by Crippen LogP contribution is 2.43. The van der Waals surface area contributed by atoms with Gasteiger partial charge in [-0.25, -0.2) is 15.0 Å². The van der Waals surface area contributed by atoms with Gasteiger partial charge in [0.2, 0.25) is 0 Å². The molecule has 0 saturated heterocycles. The molecule has 0 amide bonds. The van der Waals surface area contributed by atoms with Gasteiger partial charge in [-0.1, -0.05) is 164 Å². The molecule has 0 aliphatic heterocycles. The van der Waals surface area contributed by atoms with Crippen LogP contribution in [0.4, 0.5) is 0 Å². The summed E-state index contributed by atoms with van der Waals surface area (Å²) in [5, 5.41) is 6.88. The highest BCUT2D eigenvalue weighted by Gasteiger charge is 2.24. The summed E-state index contributed by atoms with van der Waals surface area (Å²) in [6, 6.07) is 64.1. The van der Waals surface area contributed by atoms with Crippen LogP contribution in [0.1, 0.15) is 23.7 Å². The predicted octanol–water partition coefficient (Wildman–Crippen LogP) is 14.1. The molecule has 0 fully saturated rings. The van der Waals surface area contributed by atoms with Crippen molar-refractivity contribution in [3.63, 3.8) is 0 Å². The second kappa shape index (κ2) is 13.9. The minimum Gasteiger partial charge on any atom is -0.455 e. The predicted molar refractivity (Wildman–Crippen MR) is 246 cm³/mol. The van der Waals surface area contributed by atoms with Gasteiger partial charge in [-0.3, -0.25) is 0 Å². The maximum Gasteiger partial charge on any atom is 0.167 e. The van der Waals surface area contributed by atoms with Gasteiger partial charge in [-0.15, -0.1) is 0 Å². The lowest BCUT2D eigenvalue weighted by Gasteiger charge is -2.17. The van der Waals surface area contributed by atoms with E-state index in [0.717, 1.165) is 72.9 Å². The highest BCUT2D eigenvalue weighted by atomic mass is 16.3. The second-order valence-electron chi connectivity index (χ2n) is 15.5. The van der Waals surface area contributed by atoms with Crippen LogP contribution in [0.15, 0.2) is 205 Å². The van der Waals surface area contributed by atoms with E-state index in [4.69, 9.17) is 19.4 Å². The van der Waals surface area contributed by atoms with E-state index in [2.05, 4.69) is 187 Å². The first-order valence-electron chi connectivity index (χ1n) is 20.5. The van der Waals surface area contributed by atoms with Crippen LogP contribution in [0.25, 0.3) is 99.7 Å². The first kappa shape index (κ1) is 34.2. The molecule has 0 saturated carbocycles. The van der Waals surface area contributed by atoms with E-state index >= 15 is 0 Å². The SMILES string of the molecule is C1=CC(c2ccccc2)CC=C1c1nc(-c2ccc(-c3ccccc3)cc2)nc(-c2ccc(-n3c4ccccc4c4cc5ccccc5cc43)c3c2oc2ccccc23)n1. The lowest BCUT2D eigenvalue weighted by atomic mass is 9.90. The van der Waals surface area contributed by atoms with Crippen molar-refractivity contribution >= 4 is 60.1 Å². The lowest BCUT2D eigenvalue weighted by molar-refractivity contribution is 0.669. The van der Waals surface area contributed by atoms with Crippen molar-refractivity contribution in [2.24, 2.45) is 0 Å². The number of nitrogens with zero attached hydrogens (tertiary/aromatic N) is 4. The van der Waals surface area contributed by atoms with E-state index in [1.807, 2.05) is 18.2 Å². The molecule has 5 heteroatoms. The molecule has 0 bridgehead atoms. The molecule has 1 aliphatic rings. The summed E-state index contributed by atoms with van der Waals surface area (Å²) in [5.74, 6) is 2.09. The average molecular weight is 769 g/mol. The van der Waals surface area contributed by atoms with E-state index in [9.17, 15) is 0 Å². The van der Waals surface area contributed by atoms with Crippen molar-refractivity contribution in [2.45, 2.75) is 12.3 Å². The first-order chi connectivity index (χ1) is 29.7. The zero-order chi connectivity index (χ0) is 39.6. The molecule has 1 unspecified atom stereocenters. The minimum atomic E-state index is 0.294. The van der Waals surface area contributed by atoms with Gasteiger partial charge in [0.25, 0.3) is 0 Å². The smallest absolute Gasteiger partial charge is 0.167 e. The molecule has 5 nitrogen and oxygen atoms in total. The van der Waals surface area contributed by atoms with Crippen molar-refractivity contribution in [3.8, 4) is 39.6 Å². The summed E-state index contributed by atoms with van der Waals surface area (Å²) in [7, 11) is 0. The van der Waals surface area contributed by atoms with Crippen LogP contribution in [-0.2, 0) is 0 Å². The van der Waals surface area contributed by atoms with E-state index in [0.29, 0.717) is 23.4 Å². The average Bonchev–Trinajstić information content (AvgIpc) is 3.87. The minimum absolute atomic E-state index is 0.294. The maximum atomic E-state index is 6.89. The number of hydrogen-bond acceptors (Lipinski definition) is 4. The van der Waals surface area contributed by atoms with Gasteiger partial charge in [0.05, 0.1) is 27.7 Å². The molecule has 0 radical (unpaired) electrons. The van der Waals surface area contributed by atoms with E-state index < -0.39 is 0 Å². The fraction of sp³-hybridized carbons (Fsp3) is 0.0364. The van der Waals surface area contributed by atoms with E-state index in [1.54, 1.807) is 0 Å². The molecule has 11 aromatic rings. The van der Waals surface area contributed by atoms with Crippen LogP contribution in [0, 0.1) is 0 Å². The molecule has 0 spiro atoms. The van der Waals surface area contributed by atoms with E-state index in [1.165, 1.54) is 27.1 Å². The second-order valence-corrected chi connectivity index (χ2v) is 15.5. The van der Waals surface area contributed by atoms with Gasteiger partial charge >= 0.3 is 0 Å². The zero-order valence-corrected chi connectivity index (χ0v) is 32.5. The Kier molecular flexibility index (Phi) is 7.91. The molecule has 3 heterocycles. The molecule has 282 valence electrons. The summed E-state index contributed by atoms with van der Waals surface area (Å²) in [5.41, 5.74) is 11.2. The number of para-hydroxylation sites is 2. The third-order valence-electron chi connectivity index (χ3n) is 12.0. The van der Waals surface area contributed by atoms with Crippen LogP contribution in [0.5, 0.6) is 0 Å². The van der Waals surface area contributed by atoms with Crippen LogP contribution in [0.3, 0.4) is 0 Å². The Bertz CT molecular complexity index is 3510. The normalized spacial score (nSPS) is 14.1. The molecular weight excluding hydrogens is 733 g/mol. The molecule has 1 atom stereocenters. The van der Waals surface area contributed by atoms with Crippen molar-refractivity contribution in [1.29, 1.82) is 0 Å². The fourth-order valence-corrected chi connectivity index (χ4v) is 9.02. The van der Waals surface area contributed by atoms with Crippen LogP contribution in [0.2, 0.25) is 0 Å². The Hall–Kier alpha value is -7.89. The Labute approximate surface area is 346 Å². The van der Waals surface area contributed by atoms with Gasteiger partial charge in [-0.05, 0) is 70.3 Å². The number of allylic oxidation sites excluding steroid dienone is 4. The zero-order valence-electron chi connectivity index (χ0n) is 32.5. The molecule has 8 aromatic carbocycles. The van der Waals surface area contributed by atoms with Crippen LogP contribution < -0.4 is 0 Å². The Morgan fingerprint density at radius 1 is 0.500 bits per heavy atom. The Morgan fingerprint density at radius 3 is 1.95 bits per heavy atom. The van der Waals surface area contributed by atoms with Crippen molar-refractivity contribution in [1.82, 2.24) is 19.5 Å². The van der Waals surface area contributed by atoms with Gasteiger partial charge in [0.1, 0.15) is 11.2 Å². The molecule has 3 aromatic heterocycles. The summed E-state index contributed by atoms with van der Waals surface area (Å²) < 4.78 is 9.28. The summed E-state index contributed by atoms with van der Waals surface area (Å²) >= 11 is 0.